The smallest absolute Gasteiger partial charge is 0.338 e. The van der Waals surface area contributed by atoms with Crippen LogP contribution in [0, 0.1) is 0 Å². The topological polar surface area (TPSA) is 170 Å². The largest absolute Gasteiger partial charge is 0.459 e. The fourth-order valence-corrected chi connectivity index (χ4v) is 9.30. The van der Waals surface area contributed by atoms with Crippen molar-refractivity contribution in [1.82, 2.24) is 0 Å². The summed E-state index contributed by atoms with van der Waals surface area (Å²) in [6.07, 6.45) is -10.6. The van der Waals surface area contributed by atoms with Crippen molar-refractivity contribution < 1.29 is 71.3 Å². The van der Waals surface area contributed by atoms with Gasteiger partial charge in [-0.2, -0.15) is 0 Å². The molecule has 0 unspecified atom stereocenters. The van der Waals surface area contributed by atoms with Gasteiger partial charge in [0.15, 0.2) is 30.9 Å². The summed E-state index contributed by atoms with van der Waals surface area (Å²) in [5.41, 5.74) is 3.18. The van der Waals surface area contributed by atoms with E-state index in [0.717, 1.165) is 16.7 Å². The summed E-state index contributed by atoms with van der Waals surface area (Å²) >= 11 is 0. The van der Waals surface area contributed by atoms with Crippen molar-refractivity contribution in [1.29, 1.82) is 0 Å². The molecule has 0 bridgehead atoms. The molecule has 81 heavy (non-hydrogen) atoms. The Balaban J connectivity index is 1.17. The molecule has 15 heteroatoms. The van der Waals surface area contributed by atoms with Gasteiger partial charge < -0.3 is 52.1 Å². The number of benzene rings is 7. The van der Waals surface area contributed by atoms with E-state index in [0.29, 0.717) is 12.8 Å². The first kappa shape index (κ1) is 57.6. The van der Waals surface area contributed by atoms with Crippen LogP contribution in [-0.4, -0.2) is 105 Å². The Hall–Kier alpha value is -8.12. The highest BCUT2D eigenvalue weighted by atomic mass is 16.8. The summed E-state index contributed by atoms with van der Waals surface area (Å²) in [7, 11) is 0. The molecule has 2 heterocycles. The number of carbonyl (C=O) groups excluding carboxylic acids is 4. The number of hydrogen-bond acceptors (Lipinski definition) is 15. The van der Waals surface area contributed by atoms with Gasteiger partial charge in [-0.15, -0.1) is 6.58 Å². The molecule has 418 valence electrons. The molecule has 2 saturated heterocycles. The number of rotatable bonds is 26. The normalized spacial score (nSPS) is 22.4. The summed E-state index contributed by atoms with van der Waals surface area (Å²) in [6.45, 7) is 3.81. The first-order valence-electron chi connectivity index (χ1n) is 26.9. The minimum absolute atomic E-state index is 0.0577. The van der Waals surface area contributed by atoms with Gasteiger partial charge in [-0.1, -0.05) is 170 Å². The van der Waals surface area contributed by atoms with Gasteiger partial charge in [-0.3, -0.25) is 0 Å². The Labute approximate surface area is 471 Å². The van der Waals surface area contributed by atoms with E-state index in [2.05, 4.69) is 6.58 Å². The molecule has 0 aromatic heterocycles. The minimum Gasteiger partial charge on any atom is -0.459 e. The molecule has 0 aliphatic carbocycles. The van der Waals surface area contributed by atoms with E-state index < -0.39 is 91.9 Å². The monoisotopic (exact) mass is 1100 g/mol. The fraction of sp³-hybridized carbons (Fsp3) is 0.273. The maximum Gasteiger partial charge on any atom is 0.338 e. The summed E-state index contributed by atoms with van der Waals surface area (Å²) in [5, 5.41) is 0. The molecular weight excluding hydrogens is 1030 g/mol. The van der Waals surface area contributed by atoms with Crippen LogP contribution in [0.1, 0.15) is 71.0 Å². The summed E-state index contributed by atoms with van der Waals surface area (Å²) in [6, 6.07) is 61.5. The molecule has 9 rings (SSSR count). The minimum atomic E-state index is -1.74. The SMILES string of the molecule is C=CCCCO[C@H]1O[C@H](COCc2ccccc2)[C@@H](O[C@@H]2O[C@H](COC(=O)c3ccccc3)[C@H](OC(=O)c3ccccc3)[C@H](OC(=O)c3ccccc3)[C@H]2OC(=O)c2ccccc2)[C@H](OCc2ccccc2)[C@H]1OCc1ccccc1. The predicted molar refractivity (Wildman–Crippen MR) is 297 cm³/mol. The molecule has 2 aliphatic rings. The van der Waals surface area contributed by atoms with E-state index in [1.807, 2.05) is 97.1 Å². The van der Waals surface area contributed by atoms with E-state index in [9.17, 15) is 19.2 Å². The van der Waals surface area contributed by atoms with Crippen LogP contribution in [0.3, 0.4) is 0 Å². The highest BCUT2D eigenvalue weighted by molar-refractivity contribution is 5.91. The van der Waals surface area contributed by atoms with Crippen LogP contribution in [0.4, 0.5) is 0 Å². The highest BCUT2D eigenvalue weighted by Gasteiger charge is 2.57. The van der Waals surface area contributed by atoms with E-state index in [-0.39, 0.29) is 55.3 Å². The second-order valence-corrected chi connectivity index (χ2v) is 19.2. The second-order valence-electron chi connectivity index (χ2n) is 19.2. The van der Waals surface area contributed by atoms with Crippen molar-refractivity contribution in [3.8, 4) is 0 Å². The molecular formula is C66H64O15. The molecule has 2 aliphatic heterocycles. The van der Waals surface area contributed by atoms with Crippen molar-refractivity contribution in [3.05, 3.63) is 264 Å². The molecule has 0 amide bonds. The molecule has 0 N–H and O–H groups in total. The quantitative estimate of drug-likeness (QED) is 0.0217. The van der Waals surface area contributed by atoms with Crippen LogP contribution >= 0.6 is 0 Å². The zero-order chi connectivity index (χ0) is 56.0. The number of allylic oxidation sites excluding steroid dienone is 1. The Morgan fingerprint density at radius 3 is 1.27 bits per heavy atom. The van der Waals surface area contributed by atoms with Crippen LogP contribution in [0.5, 0.6) is 0 Å². The highest BCUT2D eigenvalue weighted by Crippen LogP contribution is 2.37. The first-order chi connectivity index (χ1) is 39.8. The third kappa shape index (κ3) is 16.3. The molecule has 7 aromatic rings. The lowest BCUT2D eigenvalue weighted by molar-refractivity contribution is -0.367. The average Bonchev–Trinajstić information content (AvgIpc) is 3.67. The van der Waals surface area contributed by atoms with Gasteiger partial charge in [-0.25, -0.2) is 19.2 Å². The second kappa shape index (κ2) is 29.9. The lowest BCUT2D eigenvalue weighted by Gasteiger charge is -2.49. The number of esters is 4. The molecule has 15 nitrogen and oxygen atoms in total. The van der Waals surface area contributed by atoms with Crippen LogP contribution in [-0.2, 0) is 71.9 Å². The van der Waals surface area contributed by atoms with E-state index in [1.54, 1.807) is 121 Å². The standard InChI is InChI=1S/C66H64O15/c1-2-3-25-40-72-65-59(74-43-48-30-15-6-16-31-48)57(73-42-47-28-13-5-14-29-47)55(53(76-65)44-71-41-46-26-11-4-12-27-46)81-66-60(80-64(70)52-38-23-10-24-39-52)58(79-63(69)51-36-21-9-22-37-51)56(78-62(68)50-34-19-8-20-35-50)54(77-66)45-75-61(67)49-32-17-7-18-33-49/h2,4-24,26-39,53-60,65-66H,1,3,25,40-45H2/t53-,54-,55-,56+,57+,58+,59-,60-,65+,66+/m1/s1. The number of ether oxygens (including phenoxy) is 11. The van der Waals surface area contributed by atoms with E-state index >= 15 is 0 Å². The maximum atomic E-state index is 14.6. The molecule has 2 fully saturated rings. The van der Waals surface area contributed by atoms with Gasteiger partial charge in [0.25, 0.3) is 0 Å². The summed E-state index contributed by atoms with van der Waals surface area (Å²) in [5.74, 6) is -3.31. The van der Waals surface area contributed by atoms with Crippen LogP contribution in [0.2, 0.25) is 0 Å². The van der Waals surface area contributed by atoms with Crippen molar-refractivity contribution in [2.45, 2.75) is 94.1 Å². The van der Waals surface area contributed by atoms with Crippen molar-refractivity contribution in [2.24, 2.45) is 0 Å². The van der Waals surface area contributed by atoms with Gasteiger partial charge in [0.1, 0.15) is 37.1 Å². The Morgan fingerprint density at radius 1 is 0.395 bits per heavy atom. The van der Waals surface area contributed by atoms with E-state index in [1.165, 1.54) is 0 Å². The lowest BCUT2D eigenvalue weighted by atomic mass is 9.95. The van der Waals surface area contributed by atoms with Gasteiger partial charge in [0, 0.05) is 0 Å². The predicted octanol–water partition coefficient (Wildman–Crippen LogP) is 10.7. The molecule has 7 aromatic carbocycles. The number of unbranched alkanes of at least 4 members (excludes halogenated alkanes) is 1. The fourth-order valence-electron chi connectivity index (χ4n) is 9.30. The third-order valence-electron chi connectivity index (χ3n) is 13.4. The average molecular weight is 1100 g/mol. The maximum absolute atomic E-state index is 14.6. The summed E-state index contributed by atoms with van der Waals surface area (Å²) in [4.78, 5) is 57.3. The van der Waals surface area contributed by atoms with Crippen LogP contribution in [0.15, 0.2) is 225 Å². The third-order valence-corrected chi connectivity index (χ3v) is 13.4. The first-order valence-corrected chi connectivity index (χ1v) is 26.9. The van der Waals surface area contributed by atoms with Crippen molar-refractivity contribution in [2.75, 3.05) is 19.8 Å². The summed E-state index contributed by atoms with van der Waals surface area (Å²) < 4.78 is 73.3. The van der Waals surface area contributed by atoms with Crippen LogP contribution in [0.25, 0.3) is 0 Å². The van der Waals surface area contributed by atoms with Crippen molar-refractivity contribution in [3.63, 3.8) is 0 Å². The molecule has 0 radical (unpaired) electrons. The Bertz CT molecular complexity index is 3030. The van der Waals surface area contributed by atoms with Gasteiger partial charge >= 0.3 is 23.9 Å². The van der Waals surface area contributed by atoms with Gasteiger partial charge in [0.2, 0.25) is 0 Å². The molecule has 10 atom stereocenters. The van der Waals surface area contributed by atoms with Crippen LogP contribution < -0.4 is 0 Å². The van der Waals surface area contributed by atoms with E-state index in [4.69, 9.17) is 52.1 Å². The number of carbonyl (C=O) groups is 4. The van der Waals surface area contributed by atoms with Gasteiger partial charge in [0.05, 0.1) is 55.3 Å². The number of hydrogen-bond donors (Lipinski definition) is 0. The zero-order valence-corrected chi connectivity index (χ0v) is 44.5. The van der Waals surface area contributed by atoms with Crippen molar-refractivity contribution >= 4 is 23.9 Å². The Morgan fingerprint density at radius 2 is 0.790 bits per heavy atom. The van der Waals surface area contributed by atoms with Gasteiger partial charge in [-0.05, 0) is 78.1 Å². The lowest BCUT2D eigenvalue weighted by Crippen LogP contribution is -2.67. The zero-order valence-electron chi connectivity index (χ0n) is 44.5. The Kier molecular flexibility index (Phi) is 21.3. The molecule has 0 spiro atoms. The molecule has 0 saturated carbocycles.